The Bertz CT molecular complexity index is 357. The summed E-state index contributed by atoms with van der Waals surface area (Å²) in [5.41, 5.74) is 0.348. The van der Waals surface area contributed by atoms with Crippen molar-refractivity contribution in [2.24, 2.45) is 0 Å². The highest BCUT2D eigenvalue weighted by molar-refractivity contribution is 14.1. The van der Waals surface area contributed by atoms with Gasteiger partial charge in [0.15, 0.2) is 0 Å². The van der Waals surface area contributed by atoms with Gasteiger partial charge >= 0.3 is 0 Å². The number of rotatable bonds is 2. The molecule has 1 aromatic carbocycles. The van der Waals surface area contributed by atoms with Gasteiger partial charge in [0, 0.05) is 9.13 Å². The predicted octanol–water partition coefficient (Wildman–Crippen LogP) is 3.59. The third-order valence-electron chi connectivity index (χ3n) is 1.43. The average Bonchev–Trinajstić information content (AvgIpc) is 2.01. The molecule has 0 aliphatic heterocycles. The Morgan fingerprint density at radius 3 is 2.62 bits per heavy atom. The van der Waals surface area contributed by atoms with Gasteiger partial charge in [-0.15, -0.1) is 11.6 Å². The predicted molar refractivity (Wildman–Crippen MR) is 60.4 cm³/mol. The van der Waals surface area contributed by atoms with Gasteiger partial charge < -0.3 is 0 Å². The molecular formula is C7H4Cl2INO2. The highest BCUT2D eigenvalue weighted by Crippen LogP contribution is 2.31. The molecule has 0 radical (unpaired) electrons. The normalized spacial score (nSPS) is 10.1. The summed E-state index contributed by atoms with van der Waals surface area (Å²) in [7, 11) is 0. The van der Waals surface area contributed by atoms with Gasteiger partial charge in [-0.1, -0.05) is 11.6 Å². The van der Waals surface area contributed by atoms with Crippen LogP contribution in [0.15, 0.2) is 12.1 Å². The number of alkyl halides is 1. The minimum absolute atomic E-state index is 0.0902. The SMILES string of the molecule is O=[N+]([O-])c1c(Cl)cc(I)cc1CCl. The van der Waals surface area contributed by atoms with E-state index in [4.69, 9.17) is 23.2 Å². The minimum atomic E-state index is -0.518. The number of nitro benzene ring substituents is 1. The Labute approximate surface area is 98.3 Å². The number of hydrogen-bond donors (Lipinski definition) is 0. The van der Waals surface area contributed by atoms with Crippen molar-refractivity contribution < 1.29 is 4.92 Å². The van der Waals surface area contributed by atoms with E-state index in [-0.39, 0.29) is 16.6 Å². The molecule has 3 nitrogen and oxygen atoms in total. The summed E-state index contributed by atoms with van der Waals surface area (Å²) in [5.74, 6) is 0.0902. The van der Waals surface area contributed by atoms with Gasteiger partial charge in [-0.2, -0.15) is 0 Å². The Kier molecular flexibility index (Phi) is 3.75. The lowest BCUT2D eigenvalue weighted by Gasteiger charge is -2.01. The first-order chi connectivity index (χ1) is 6.06. The maximum atomic E-state index is 10.6. The Balaban J connectivity index is 3.38. The van der Waals surface area contributed by atoms with Crippen LogP contribution in [0.2, 0.25) is 5.02 Å². The van der Waals surface area contributed by atoms with Crippen LogP contribution in [0.5, 0.6) is 0 Å². The highest BCUT2D eigenvalue weighted by atomic mass is 127. The maximum absolute atomic E-state index is 10.6. The Morgan fingerprint density at radius 1 is 1.54 bits per heavy atom. The van der Waals surface area contributed by atoms with E-state index in [1.54, 1.807) is 6.07 Å². The van der Waals surface area contributed by atoms with Gasteiger partial charge in [-0.3, -0.25) is 10.1 Å². The zero-order chi connectivity index (χ0) is 10.0. The van der Waals surface area contributed by atoms with Crippen molar-refractivity contribution in [2.45, 2.75) is 5.88 Å². The van der Waals surface area contributed by atoms with Crippen LogP contribution in [0.4, 0.5) is 5.69 Å². The van der Waals surface area contributed by atoms with Crippen molar-refractivity contribution in [3.8, 4) is 0 Å². The minimum Gasteiger partial charge on any atom is -0.258 e. The first-order valence-electron chi connectivity index (χ1n) is 3.24. The van der Waals surface area contributed by atoms with E-state index in [9.17, 15) is 10.1 Å². The van der Waals surface area contributed by atoms with Crippen LogP contribution in [-0.2, 0) is 5.88 Å². The molecule has 0 spiro atoms. The standard InChI is InChI=1S/C7H4Cl2INO2/c8-3-4-1-5(10)2-6(9)7(4)11(12)13/h1-2H,3H2. The fourth-order valence-electron chi connectivity index (χ4n) is 0.926. The topological polar surface area (TPSA) is 43.1 Å². The van der Waals surface area contributed by atoms with Crippen LogP contribution >= 0.6 is 45.8 Å². The molecule has 6 heteroatoms. The summed E-state index contributed by atoms with van der Waals surface area (Å²) >= 11 is 13.3. The molecule has 0 amide bonds. The van der Waals surface area contributed by atoms with E-state index in [1.807, 2.05) is 22.6 Å². The molecule has 0 saturated heterocycles. The van der Waals surface area contributed by atoms with E-state index in [0.29, 0.717) is 5.56 Å². The van der Waals surface area contributed by atoms with Crippen molar-refractivity contribution in [1.82, 2.24) is 0 Å². The third kappa shape index (κ3) is 2.45. The van der Waals surface area contributed by atoms with Crippen LogP contribution in [0.25, 0.3) is 0 Å². The molecule has 0 N–H and O–H groups in total. The van der Waals surface area contributed by atoms with Crippen LogP contribution in [0, 0.1) is 13.7 Å². The molecule has 0 aliphatic rings. The van der Waals surface area contributed by atoms with Crippen molar-refractivity contribution in [2.75, 3.05) is 0 Å². The number of nitrogens with zero attached hydrogens (tertiary/aromatic N) is 1. The van der Waals surface area contributed by atoms with Crippen molar-refractivity contribution in [3.63, 3.8) is 0 Å². The maximum Gasteiger partial charge on any atom is 0.292 e. The summed E-state index contributed by atoms with van der Waals surface area (Å²) < 4.78 is 0.837. The van der Waals surface area contributed by atoms with Gasteiger partial charge in [0.05, 0.1) is 10.8 Å². The smallest absolute Gasteiger partial charge is 0.258 e. The third-order valence-corrected chi connectivity index (χ3v) is 2.63. The average molecular weight is 332 g/mol. The summed E-state index contributed by atoms with van der Waals surface area (Å²) in [5, 5.41) is 10.7. The monoisotopic (exact) mass is 331 g/mol. The molecule has 1 rings (SSSR count). The van der Waals surface area contributed by atoms with Gasteiger partial charge in [-0.25, -0.2) is 0 Å². The Morgan fingerprint density at radius 2 is 2.15 bits per heavy atom. The van der Waals surface area contributed by atoms with E-state index in [1.165, 1.54) is 6.07 Å². The first-order valence-corrected chi connectivity index (χ1v) is 5.23. The molecule has 13 heavy (non-hydrogen) atoms. The molecule has 0 bridgehead atoms. The van der Waals surface area contributed by atoms with Crippen molar-refractivity contribution in [1.29, 1.82) is 0 Å². The van der Waals surface area contributed by atoms with E-state index in [2.05, 4.69) is 0 Å². The molecule has 0 unspecified atom stereocenters. The van der Waals surface area contributed by atoms with Crippen LogP contribution < -0.4 is 0 Å². The second-order valence-electron chi connectivity index (χ2n) is 2.29. The van der Waals surface area contributed by atoms with E-state index < -0.39 is 4.92 Å². The molecule has 0 heterocycles. The molecule has 1 aromatic rings. The lowest BCUT2D eigenvalue weighted by Crippen LogP contribution is -1.95. The van der Waals surface area contributed by atoms with Gasteiger partial charge in [0.25, 0.3) is 5.69 Å². The van der Waals surface area contributed by atoms with Gasteiger partial charge in [0.2, 0.25) is 0 Å². The highest BCUT2D eigenvalue weighted by Gasteiger charge is 2.18. The molecule has 70 valence electrons. The van der Waals surface area contributed by atoms with Gasteiger partial charge in [0.1, 0.15) is 5.02 Å². The number of benzene rings is 1. The van der Waals surface area contributed by atoms with Crippen molar-refractivity contribution in [3.05, 3.63) is 36.4 Å². The second-order valence-corrected chi connectivity index (χ2v) is 4.21. The lowest BCUT2D eigenvalue weighted by molar-refractivity contribution is -0.385. The molecule has 0 atom stereocenters. The van der Waals surface area contributed by atoms with E-state index >= 15 is 0 Å². The Hall–Kier alpha value is -0.0700. The number of nitro groups is 1. The number of hydrogen-bond acceptors (Lipinski definition) is 2. The zero-order valence-electron chi connectivity index (χ0n) is 6.26. The van der Waals surface area contributed by atoms with Crippen LogP contribution in [0.3, 0.4) is 0 Å². The largest absolute Gasteiger partial charge is 0.292 e. The molecule has 0 saturated carbocycles. The molecule has 0 fully saturated rings. The van der Waals surface area contributed by atoms with E-state index in [0.717, 1.165) is 3.57 Å². The van der Waals surface area contributed by atoms with Crippen LogP contribution in [0.1, 0.15) is 5.56 Å². The summed E-state index contributed by atoms with van der Waals surface area (Å²) in [4.78, 5) is 10.1. The first kappa shape index (κ1) is 11.0. The fraction of sp³-hybridized carbons (Fsp3) is 0.143. The quantitative estimate of drug-likeness (QED) is 0.360. The molecule has 0 aromatic heterocycles. The summed E-state index contributed by atoms with van der Waals surface area (Å²) in [6.45, 7) is 0. The lowest BCUT2D eigenvalue weighted by atomic mass is 10.2. The van der Waals surface area contributed by atoms with Crippen LogP contribution in [-0.4, -0.2) is 4.92 Å². The molecule has 0 aliphatic carbocycles. The molecular weight excluding hydrogens is 328 g/mol. The zero-order valence-corrected chi connectivity index (χ0v) is 9.93. The van der Waals surface area contributed by atoms with Gasteiger partial charge in [-0.05, 0) is 34.7 Å². The second kappa shape index (κ2) is 4.43. The summed E-state index contributed by atoms with van der Waals surface area (Å²) in [6.07, 6.45) is 0. The fourth-order valence-corrected chi connectivity index (χ4v) is 2.31. The number of halogens is 3. The summed E-state index contributed by atoms with van der Waals surface area (Å²) in [6, 6.07) is 3.19. The van der Waals surface area contributed by atoms with Crippen molar-refractivity contribution >= 4 is 51.5 Å².